The number of benzene rings is 1. The molecule has 1 amide bonds. The number of nitrogens with one attached hydrogen (secondary N) is 1. The van der Waals surface area contributed by atoms with E-state index in [1.807, 2.05) is 6.92 Å². The number of carboxylic acid groups (broad SMARTS) is 1. The van der Waals surface area contributed by atoms with Crippen LogP contribution in [0.2, 0.25) is 0 Å². The van der Waals surface area contributed by atoms with Crippen molar-refractivity contribution in [3.63, 3.8) is 0 Å². The lowest BCUT2D eigenvalue weighted by Crippen LogP contribution is -2.39. The Labute approximate surface area is 113 Å². The van der Waals surface area contributed by atoms with Crippen molar-refractivity contribution in [2.45, 2.75) is 32.0 Å². The molecule has 0 bridgehead atoms. The normalized spacial score (nSPS) is 12.8. The van der Waals surface area contributed by atoms with Crippen LogP contribution in [-0.2, 0) is 16.0 Å². The number of rotatable bonds is 5. The third-order valence-corrected chi connectivity index (χ3v) is 2.73. The van der Waals surface area contributed by atoms with Gasteiger partial charge in [0.1, 0.15) is 0 Å². The average molecular weight is 289 g/mol. The number of carboxylic acids is 1. The summed E-state index contributed by atoms with van der Waals surface area (Å²) in [6, 6.07) is 5.19. The van der Waals surface area contributed by atoms with Crippen molar-refractivity contribution in [3.05, 3.63) is 35.4 Å². The zero-order valence-corrected chi connectivity index (χ0v) is 10.7. The number of carbonyl (C=O) groups excluding carboxylic acids is 1. The summed E-state index contributed by atoms with van der Waals surface area (Å²) >= 11 is 0. The number of hydrogen-bond acceptors (Lipinski definition) is 2. The minimum absolute atomic E-state index is 0.321. The van der Waals surface area contributed by atoms with Gasteiger partial charge < -0.3 is 10.4 Å². The van der Waals surface area contributed by atoms with E-state index in [4.69, 9.17) is 5.11 Å². The van der Waals surface area contributed by atoms with E-state index >= 15 is 0 Å². The van der Waals surface area contributed by atoms with Gasteiger partial charge >= 0.3 is 18.1 Å². The third kappa shape index (κ3) is 4.56. The first-order valence-corrected chi connectivity index (χ1v) is 5.92. The van der Waals surface area contributed by atoms with Crippen LogP contribution in [0.4, 0.5) is 13.2 Å². The fourth-order valence-electron chi connectivity index (χ4n) is 1.65. The lowest BCUT2D eigenvalue weighted by atomic mass is 10.0. The van der Waals surface area contributed by atoms with Crippen LogP contribution < -0.4 is 5.32 Å². The largest absolute Gasteiger partial charge is 0.481 e. The first-order chi connectivity index (χ1) is 9.24. The predicted octanol–water partition coefficient (Wildman–Crippen LogP) is 2.44. The molecule has 2 N–H and O–H groups in total. The number of aliphatic carboxylic acids is 1. The van der Waals surface area contributed by atoms with Gasteiger partial charge in [-0.1, -0.05) is 31.2 Å². The quantitative estimate of drug-likeness (QED) is 0.875. The molecule has 0 fully saturated rings. The van der Waals surface area contributed by atoms with Gasteiger partial charge in [0.05, 0.1) is 12.5 Å². The molecule has 1 aromatic carbocycles. The second-order valence-corrected chi connectivity index (χ2v) is 4.22. The molecule has 4 nitrogen and oxygen atoms in total. The van der Waals surface area contributed by atoms with Gasteiger partial charge in [-0.05, 0) is 17.5 Å². The smallest absolute Gasteiger partial charge is 0.471 e. The molecule has 110 valence electrons. The summed E-state index contributed by atoms with van der Waals surface area (Å²) in [6.45, 7) is 1.91. The first-order valence-electron chi connectivity index (χ1n) is 5.92. The van der Waals surface area contributed by atoms with Crippen LogP contribution in [0, 0.1) is 0 Å². The second kappa shape index (κ2) is 6.40. The monoisotopic (exact) mass is 289 g/mol. The summed E-state index contributed by atoms with van der Waals surface area (Å²) in [6.07, 6.45) is -4.91. The minimum atomic E-state index is -5.04. The molecular weight excluding hydrogens is 275 g/mol. The van der Waals surface area contributed by atoms with E-state index in [-0.39, 0.29) is 0 Å². The third-order valence-electron chi connectivity index (χ3n) is 2.73. The van der Waals surface area contributed by atoms with Crippen LogP contribution in [-0.4, -0.2) is 23.2 Å². The van der Waals surface area contributed by atoms with E-state index in [1.54, 1.807) is 17.4 Å². The maximum Gasteiger partial charge on any atom is 0.471 e. The van der Waals surface area contributed by atoms with Crippen molar-refractivity contribution in [2.24, 2.45) is 0 Å². The highest BCUT2D eigenvalue weighted by Gasteiger charge is 2.40. The second-order valence-electron chi connectivity index (χ2n) is 4.22. The number of aryl methyl sites for hydroxylation is 1. The minimum Gasteiger partial charge on any atom is -0.481 e. The maximum atomic E-state index is 12.2. The molecule has 0 spiro atoms. The number of hydrogen-bond donors (Lipinski definition) is 2. The van der Waals surface area contributed by atoms with Crippen LogP contribution in [0.25, 0.3) is 0 Å². The fraction of sp³-hybridized carbons (Fsp3) is 0.385. The van der Waals surface area contributed by atoms with Crippen molar-refractivity contribution in [2.75, 3.05) is 0 Å². The van der Waals surface area contributed by atoms with Crippen molar-refractivity contribution in [1.82, 2.24) is 5.32 Å². The Morgan fingerprint density at radius 1 is 1.25 bits per heavy atom. The molecule has 0 saturated carbocycles. The zero-order valence-electron chi connectivity index (χ0n) is 10.7. The Hall–Kier alpha value is -2.05. The van der Waals surface area contributed by atoms with Gasteiger partial charge in [0.15, 0.2) is 0 Å². The van der Waals surface area contributed by atoms with Gasteiger partial charge in [-0.2, -0.15) is 13.2 Å². The van der Waals surface area contributed by atoms with Gasteiger partial charge in [0, 0.05) is 0 Å². The Balaban J connectivity index is 2.93. The molecule has 0 saturated heterocycles. The van der Waals surface area contributed by atoms with Crippen LogP contribution in [0.15, 0.2) is 24.3 Å². The van der Waals surface area contributed by atoms with E-state index in [2.05, 4.69) is 0 Å². The molecule has 0 aliphatic heterocycles. The highest BCUT2D eigenvalue weighted by molar-refractivity contribution is 5.82. The maximum absolute atomic E-state index is 12.2. The van der Waals surface area contributed by atoms with E-state index < -0.39 is 30.5 Å². The van der Waals surface area contributed by atoms with Crippen LogP contribution in [0.1, 0.15) is 30.5 Å². The average Bonchev–Trinajstić information content (AvgIpc) is 2.36. The number of carbonyl (C=O) groups is 2. The van der Waals surface area contributed by atoms with Gasteiger partial charge in [-0.3, -0.25) is 9.59 Å². The first kappa shape index (κ1) is 16.0. The summed E-state index contributed by atoms with van der Waals surface area (Å²) in [7, 11) is 0. The molecular formula is C13H14F3NO3. The lowest BCUT2D eigenvalue weighted by molar-refractivity contribution is -0.174. The van der Waals surface area contributed by atoms with Crippen LogP contribution in [0.3, 0.4) is 0 Å². The molecule has 0 radical (unpaired) electrons. The van der Waals surface area contributed by atoms with Gasteiger partial charge in [0.2, 0.25) is 0 Å². The molecule has 20 heavy (non-hydrogen) atoms. The fourth-order valence-corrected chi connectivity index (χ4v) is 1.65. The van der Waals surface area contributed by atoms with Gasteiger partial charge in [0.25, 0.3) is 0 Å². The predicted molar refractivity (Wildman–Crippen MR) is 65.0 cm³/mol. The topological polar surface area (TPSA) is 66.4 Å². The summed E-state index contributed by atoms with van der Waals surface area (Å²) < 4.78 is 36.7. The van der Waals surface area contributed by atoms with Crippen LogP contribution >= 0.6 is 0 Å². The molecule has 7 heteroatoms. The van der Waals surface area contributed by atoms with Gasteiger partial charge in [-0.15, -0.1) is 0 Å². The Bertz CT molecular complexity index is 483. The highest BCUT2D eigenvalue weighted by Crippen LogP contribution is 2.21. The van der Waals surface area contributed by atoms with Crippen molar-refractivity contribution < 1.29 is 27.9 Å². The van der Waals surface area contributed by atoms with Gasteiger partial charge in [-0.25, -0.2) is 0 Å². The summed E-state index contributed by atoms with van der Waals surface area (Å²) in [5.41, 5.74) is 1.28. The summed E-state index contributed by atoms with van der Waals surface area (Å²) in [5.74, 6) is -3.44. The highest BCUT2D eigenvalue weighted by atomic mass is 19.4. The lowest BCUT2D eigenvalue weighted by Gasteiger charge is -2.18. The summed E-state index contributed by atoms with van der Waals surface area (Å²) in [4.78, 5) is 21.6. The standard InChI is InChI=1S/C13H14F3NO3/c1-2-8-3-5-9(6-4-8)10(7-11(18)19)17-12(20)13(14,15)16/h3-6,10H,2,7H2,1H3,(H,17,20)(H,18,19). The molecule has 1 atom stereocenters. The van der Waals surface area contributed by atoms with E-state index in [9.17, 15) is 22.8 Å². The zero-order chi connectivity index (χ0) is 15.3. The Morgan fingerprint density at radius 3 is 2.20 bits per heavy atom. The van der Waals surface area contributed by atoms with Crippen molar-refractivity contribution in [3.8, 4) is 0 Å². The Morgan fingerprint density at radius 2 is 1.80 bits per heavy atom. The summed E-state index contributed by atoms with van der Waals surface area (Å²) in [5, 5.41) is 10.4. The molecule has 1 unspecified atom stereocenters. The van der Waals surface area contributed by atoms with E-state index in [0.29, 0.717) is 5.56 Å². The Kier molecular flexibility index (Phi) is 5.12. The molecule has 0 heterocycles. The van der Waals surface area contributed by atoms with Crippen molar-refractivity contribution >= 4 is 11.9 Å². The SMILES string of the molecule is CCc1ccc(C(CC(=O)O)NC(=O)C(F)(F)F)cc1. The molecule has 1 rings (SSSR count). The molecule has 0 aliphatic rings. The molecule has 0 aliphatic carbocycles. The van der Waals surface area contributed by atoms with E-state index in [0.717, 1.165) is 12.0 Å². The number of amides is 1. The van der Waals surface area contributed by atoms with Crippen molar-refractivity contribution in [1.29, 1.82) is 0 Å². The molecule has 1 aromatic rings. The van der Waals surface area contributed by atoms with E-state index in [1.165, 1.54) is 12.1 Å². The molecule has 0 aromatic heterocycles. The van der Waals surface area contributed by atoms with Crippen LogP contribution in [0.5, 0.6) is 0 Å². The number of alkyl halides is 3. The number of halogens is 3.